The van der Waals surface area contributed by atoms with Gasteiger partial charge in [-0.2, -0.15) is 22.0 Å². The van der Waals surface area contributed by atoms with E-state index >= 15 is 0 Å². The monoisotopic (exact) mass is 436 g/mol. The van der Waals surface area contributed by atoms with Crippen molar-refractivity contribution in [3.05, 3.63) is 24.3 Å². The molecule has 0 spiro atoms. The number of aromatic nitrogens is 2. The molecular formula is C17H17F5N4O2S. The van der Waals surface area contributed by atoms with Gasteiger partial charge in [0.05, 0.1) is 11.0 Å². The Kier molecular flexibility index (Phi) is 6.30. The van der Waals surface area contributed by atoms with Crippen LogP contribution in [-0.4, -0.2) is 57.3 Å². The van der Waals surface area contributed by atoms with Crippen LogP contribution in [0.5, 0.6) is 0 Å². The Labute approximate surface area is 166 Å². The number of imidazole rings is 1. The molecule has 2 heterocycles. The van der Waals surface area contributed by atoms with Crippen molar-refractivity contribution in [2.24, 2.45) is 0 Å². The number of benzene rings is 1. The molecule has 2 amide bonds. The molecule has 3 rings (SSSR count). The fraction of sp³-hybridized carbons (Fsp3) is 0.471. The van der Waals surface area contributed by atoms with Gasteiger partial charge in [0.2, 0.25) is 11.8 Å². The second-order valence-corrected chi connectivity index (χ2v) is 7.38. The number of para-hydroxylation sites is 2. The van der Waals surface area contributed by atoms with E-state index in [1.54, 1.807) is 29.6 Å². The van der Waals surface area contributed by atoms with Crippen molar-refractivity contribution in [3.63, 3.8) is 0 Å². The van der Waals surface area contributed by atoms with Crippen LogP contribution >= 0.6 is 11.8 Å². The lowest BCUT2D eigenvalue weighted by atomic mass is 10.2. The fourth-order valence-corrected chi connectivity index (χ4v) is 3.85. The summed E-state index contributed by atoms with van der Waals surface area (Å²) < 4.78 is 64.1. The van der Waals surface area contributed by atoms with E-state index in [0.29, 0.717) is 17.5 Å². The predicted molar refractivity (Wildman–Crippen MR) is 95.4 cm³/mol. The number of carbonyl (C=O) groups excluding carboxylic acids is 2. The third-order valence-electron chi connectivity index (χ3n) is 4.45. The number of thioether (sulfide) groups is 1. The van der Waals surface area contributed by atoms with Crippen molar-refractivity contribution in [1.82, 2.24) is 19.8 Å². The van der Waals surface area contributed by atoms with Gasteiger partial charge in [0.15, 0.2) is 5.16 Å². The van der Waals surface area contributed by atoms with Gasteiger partial charge in [0, 0.05) is 6.54 Å². The van der Waals surface area contributed by atoms with E-state index in [9.17, 15) is 31.5 Å². The average molecular weight is 436 g/mol. The van der Waals surface area contributed by atoms with Crippen LogP contribution in [0, 0.1) is 0 Å². The van der Waals surface area contributed by atoms with Crippen LogP contribution in [0.25, 0.3) is 11.0 Å². The normalized spacial score (nSPS) is 17.3. The smallest absolute Gasteiger partial charge is 0.345 e. The van der Waals surface area contributed by atoms with Crippen molar-refractivity contribution < 1.29 is 31.5 Å². The van der Waals surface area contributed by atoms with Gasteiger partial charge in [-0.05, 0) is 36.7 Å². The summed E-state index contributed by atoms with van der Waals surface area (Å²) in [6.45, 7) is -1.63. The molecular weight excluding hydrogens is 419 g/mol. The SMILES string of the molecule is O=C(NCC(F)(F)F)C1CCCN1C(=O)Cn1c(SC(F)F)nc2ccccc21. The molecule has 0 saturated carbocycles. The highest BCUT2D eigenvalue weighted by molar-refractivity contribution is 7.99. The molecule has 29 heavy (non-hydrogen) atoms. The summed E-state index contributed by atoms with van der Waals surface area (Å²) in [7, 11) is 0. The van der Waals surface area contributed by atoms with Crippen LogP contribution in [0.15, 0.2) is 29.4 Å². The number of fused-ring (bicyclic) bond motifs is 1. The Morgan fingerprint density at radius 3 is 2.69 bits per heavy atom. The Hall–Kier alpha value is -2.37. The number of hydrogen-bond acceptors (Lipinski definition) is 4. The van der Waals surface area contributed by atoms with E-state index in [0.717, 1.165) is 0 Å². The third-order valence-corrected chi connectivity index (χ3v) is 5.15. The average Bonchev–Trinajstić information content (AvgIpc) is 3.24. The summed E-state index contributed by atoms with van der Waals surface area (Å²) in [5, 5.41) is 1.75. The molecule has 1 aliphatic rings. The Morgan fingerprint density at radius 2 is 2.00 bits per heavy atom. The zero-order chi connectivity index (χ0) is 21.2. The quantitative estimate of drug-likeness (QED) is 0.559. The van der Waals surface area contributed by atoms with Gasteiger partial charge in [-0.3, -0.25) is 9.59 Å². The molecule has 0 aliphatic carbocycles. The van der Waals surface area contributed by atoms with Crippen LogP contribution in [0.4, 0.5) is 22.0 Å². The van der Waals surface area contributed by atoms with E-state index in [4.69, 9.17) is 0 Å². The summed E-state index contributed by atoms with van der Waals surface area (Å²) in [5.41, 5.74) is 0.908. The number of halogens is 5. The predicted octanol–water partition coefficient (Wildman–Crippen LogP) is 3.02. The van der Waals surface area contributed by atoms with Crippen LogP contribution < -0.4 is 5.32 Å². The minimum absolute atomic E-state index is 0.0492. The van der Waals surface area contributed by atoms with Crippen LogP contribution in [-0.2, 0) is 16.1 Å². The molecule has 1 saturated heterocycles. The first-order chi connectivity index (χ1) is 13.7. The highest BCUT2D eigenvalue weighted by Crippen LogP contribution is 2.29. The van der Waals surface area contributed by atoms with Crippen molar-refractivity contribution in [2.75, 3.05) is 13.1 Å². The van der Waals surface area contributed by atoms with E-state index in [-0.39, 0.29) is 36.4 Å². The van der Waals surface area contributed by atoms with Crippen molar-refractivity contribution in [3.8, 4) is 0 Å². The Bertz CT molecular complexity index is 902. The lowest BCUT2D eigenvalue weighted by molar-refractivity contribution is -0.145. The zero-order valence-corrected chi connectivity index (χ0v) is 15.8. The number of likely N-dealkylation sites (tertiary alicyclic amines) is 1. The molecule has 2 aromatic rings. The molecule has 1 N–H and O–H groups in total. The molecule has 12 heteroatoms. The number of alkyl halides is 5. The van der Waals surface area contributed by atoms with Gasteiger partial charge in [0.1, 0.15) is 19.1 Å². The summed E-state index contributed by atoms with van der Waals surface area (Å²) in [6.07, 6.45) is -3.86. The largest absolute Gasteiger partial charge is 0.405 e. The topological polar surface area (TPSA) is 67.2 Å². The first kappa shape index (κ1) is 21.3. The first-order valence-electron chi connectivity index (χ1n) is 8.70. The summed E-state index contributed by atoms with van der Waals surface area (Å²) in [4.78, 5) is 30.2. The number of carbonyl (C=O) groups is 2. The maximum Gasteiger partial charge on any atom is 0.405 e. The number of amides is 2. The second-order valence-electron chi connectivity index (χ2n) is 6.43. The summed E-state index contributed by atoms with van der Waals surface area (Å²) >= 11 is 0.197. The molecule has 1 fully saturated rings. The molecule has 6 nitrogen and oxygen atoms in total. The molecule has 1 aliphatic heterocycles. The molecule has 1 aromatic carbocycles. The highest BCUT2D eigenvalue weighted by atomic mass is 32.2. The second kappa shape index (κ2) is 8.56. The minimum Gasteiger partial charge on any atom is -0.345 e. The molecule has 158 valence electrons. The van der Waals surface area contributed by atoms with Crippen LogP contribution in [0.1, 0.15) is 12.8 Å². The highest BCUT2D eigenvalue weighted by Gasteiger charge is 2.36. The van der Waals surface area contributed by atoms with Crippen LogP contribution in [0.3, 0.4) is 0 Å². The van der Waals surface area contributed by atoms with E-state index in [1.165, 1.54) is 9.47 Å². The van der Waals surface area contributed by atoms with Gasteiger partial charge >= 0.3 is 6.18 Å². The van der Waals surface area contributed by atoms with Gasteiger partial charge in [0.25, 0.3) is 5.76 Å². The first-order valence-corrected chi connectivity index (χ1v) is 9.57. The third kappa shape index (κ3) is 5.17. The zero-order valence-electron chi connectivity index (χ0n) is 15.0. The molecule has 1 unspecified atom stereocenters. The maximum atomic E-state index is 12.9. The number of nitrogens with one attached hydrogen (secondary N) is 1. The van der Waals surface area contributed by atoms with Crippen LogP contribution in [0.2, 0.25) is 0 Å². The lowest BCUT2D eigenvalue weighted by Crippen LogP contribution is -2.48. The summed E-state index contributed by atoms with van der Waals surface area (Å²) in [5.74, 6) is -4.17. The molecule has 0 radical (unpaired) electrons. The summed E-state index contributed by atoms with van der Waals surface area (Å²) in [6, 6.07) is 5.58. The van der Waals surface area contributed by atoms with E-state index in [2.05, 4.69) is 4.98 Å². The minimum atomic E-state index is -4.56. The maximum absolute atomic E-state index is 12.9. The van der Waals surface area contributed by atoms with Gasteiger partial charge in [-0.25, -0.2) is 4.98 Å². The van der Waals surface area contributed by atoms with Gasteiger partial charge in [-0.15, -0.1) is 0 Å². The standard InChI is InChI=1S/C17H17F5N4O2S/c18-15(19)29-16-24-10-4-1-2-5-11(10)26(16)8-13(27)25-7-3-6-12(25)14(28)23-9-17(20,21)22/h1-2,4-5,12,15H,3,6-9H2,(H,23,28). The fourth-order valence-electron chi connectivity index (χ4n) is 3.24. The van der Waals surface area contributed by atoms with Gasteiger partial charge < -0.3 is 14.8 Å². The molecule has 0 bridgehead atoms. The number of hydrogen-bond donors (Lipinski definition) is 1. The molecule has 1 aromatic heterocycles. The van der Waals surface area contributed by atoms with Gasteiger partial charge in [-0.1, -0.05) is 12.1 Å². The lowest BCUT2D eigenvalue weighted by Gasteiger charge is -2.25. The Morgan fingerprint density at radius 1 is 1.28 bits per heavy atom. The Balaban J connectivity index is 1.78. The van der Waals surface area contributed by atoms with E-state index < -0.39 is 36.3 Å². The van der Waals surface area contributed by atoms with Crippen molar-refractivity contribution >= 4 is 34.6 Å². The van der Waals surface area contributed by atoms with Crippen molar-refractivity contribution in [2.45, 2.75) is 42.5 Å². The van der Waals surface area contributed by atoms with Crippen molar-refractivity contribution in [1.29, 1.82) is 0 Å². The molecule has 1 atom stereocenters. The number of rotatable bonds is 6. The van der Waals surface area contributed by atoms with E-state index in [1.807, 2.05) is 0 Å². The number of nitrogens with zero attached hydrogens (tertiary/aromatic N) is 3.